The van der Waals surface area contributed by atoms with Crippen LogP contribution in [0.25, 0.3) is 11.3 Å². The van der Waals surface area contributed by atoms with Gasteiger partial charge in [-0.05, 0) is 58.5 Å². The number of fused-ring (bicyclic) bond motifs is 3. The van der Waals surface area contributed by atoms with Crippen LogP contribution in [0.2, 0.25) is 0 Å². The van der Waals surface area contributed by atoms with Gasteiger partial charge in [0.05, 0.1) is 19.0 Å². The van der Waals surface area contributed by atoms with Crippen LogP contribution in [0.1, 0.15) is 17.5 Å². The van der Waals surface area contributed by atoms with Crippen molar-refractivity contribution in [2.45, 2.75) is 19.3 Å². The molecule has 0 saturated heterocycles. The SMILES string of the molecule is COc1cc(Br)c2c(c1)CCCc1cn[nH]c1-2. The molecule has 3 nitrogen and oxygen atoms in total. The lowest BCUT2D eigenvalue weighted by Gasteiger charge is -2.11. The molecule has 1 heterocycles. The Morgan fingerprint density at radius 3 is 2.94 bits per heavy atom. The van der Waals surface area contributed by atoms with Gasteiger partial charge in [-0.2, -0.15) is 5.10 Å². The summed E-state index contributed by atoms with van der Waals surface area (Å²) < 4.78 is 6.38. The topological polar surface area (TPSA) is 37.9 Å². The van der Waals surface area contributed by atoms with Crippen molar-refractivity contribution in [2.75, 3.05) is 7.11 Å². The molecule has 0 atom stereocenters. The second-order valence-corrected chi connectivity index (χ2v) is 5.12. The van der Waals surface area contributed by atoms with Gasteiger partial charge in [-0.3, -0.25) is 5.10 Å². The smallest absolute Gasteiger partial charge is 0.120 e. The van der Waals surface area contributed by atoms with E-state index in [0.29, 0.717) is 0 Å². The lowest BCUT2D eigenvalue weighted by atomic mass is 10.0. The number of H-pyrrole nitrogens is 1. The summed E-state index contributed by atoms with van der Waals surface area (Å²) in [5.41, 5.74) is 5.00. The van der Waals surface area contributed by atoms with Crippen molar-refractivity contribution in [3.05, 3.63) is 33.9 Å². The number of aryl methyl sites for hydroxylation is 2. The molecule has 1 aromatic heterocycles. The normalized spacial score (nSPS) is 13.8. The number of rotatable bonds is 1. The molecule has 17 heavy (non-hydrogen) atoms. The van der Waals surface area contributed by atoms with Gasteiger partial charge >= 0.3 is 0 Å². The Morgan fingerprint density at radius 2 is 2.12 bits per heavy atom. The molecule has 0 aliphatic heterocycles. The predicted molar refractivity (Wildman–Crippen MR) is 70.3 cm³/mol. The molecule has 0 spiro atoms. The Bertz CT molecular complexity index is 563. The Kier molecular flexibility index (Phi) is 2.67. The molecule has 3 rings (SSSR count). The number of aromatic nitrogens is 2. The first kappa shape index (κ1) is 10.8. The number of hydrogen-bond acceptors (Lipinski definition) is 2. The number of hydrogen-bond donors (Lipinski definition) is 1. The molecule has 1 aliphatic carbocycles. The van der Waals surface area contributed by atoms with Crippen molar-refractivity contribution in [3.63, 3.8) is 0 Å². The van der Waals surface area contributed by atoms with Gasteiger partial charge in [-0.15, -0.1) is 0 Å². The van der Waals surface area contributed by atoms with Crippen LogP contribution in [0.3, 0.4) is 0 Å². The highest BCUT2D eigenvalue weighted by atomic mass is 79.9. The predicted octanol–water partition coefficient (Wildman–Crippen LogP) is 3.34. The van der Waals surface area contributed by atoms with Gasteiger partial charge < -0.3 is 4.74 Å². The molecular weight excluding hydrogens is 280 g/mol. The highest BCUT2D eigenvalue weighted by molar-refractivity contribution is 9.10. The van der Waals surface area contributed by atoms with Crippen molar-refractivity contribution in [1.82, 2.24) is 10.2 Å². The van der Waals surface area contributed by atoms with E-state index in [2.05, 4.69) is 32.2 Å². The molecule has 4 heteroatoms. The lowest BCUT2D eigenvalue weighted by molar-refractivity contribution is 0.414. The van der Waals surface area contributed by atoms with Gasteiger partial charge in [0.2, 0.25) is 0 Å². The van der Waals surface area contributed by atoms with E-state index in [0.717, 1.165) is 35.2 Å². The van der Waals surface area contributed by atoms with Crippen LogP contribution in [0, 0.1) is 0 Å². The van der Waals surface area contributed by atoms with Crippen molar-refractivity contribution in [3.8, 4) is 17.0 Å². The van der Waals surface area contributed by atoms with E-state index in [1.54, 1.807) is 7.11 Å². The molecule has 1 aliphatic rings. The van der Waals surface area contributed by atoms with Gasteiger partial charge in [0.1, 0.15) is 5.75 Å². The highest BCUT2D eigenvalue weighted by Gasteiger charge is 2.19. The molecule has 0 amide bonds. The van der Waals surface area contributed by atoms with Gasteiger partial charge in [0.25, 0.3) is 0 Å². The molecule has 0 unspecified atom stereocenters. The van der Waals surface area contributed by atoms with Crippen molar-refractivity contribution < 1.29 is 4.74 Å². The monoisotopic (exact) mass is 292 g/mol. The Balaban J connectivity index is 2.25. The number of aromatic amines is 1. The molecule has 0 saturated carbocycles. The standard InChI is InChI=1S/C13H13BrN2O/c1-17-10-5-8-3-2-4-9-7-15-16-13(9)12(8)11(14)6-10/h5-7H,2-4H2,1H3,(H,15,16). The van der Waals surface area contributed by atoms with Gasteiger partial charge in [-0.1, -0.05) is 0 Å². The average molecular weight is 293 g/mol. The third-order valence-corrected chi connectivity index (χ3v) is 3.87. The molecule has 0 radical (unpaired) electrons. The van der Waals surface area contributed by atoms with Crippen LogP contribution < -0.4 is 4.74 Å². The molecule has 2 aromatic rings. The molecular formula is C13H13BrN2O. The summed E-state index contributed by atoms with van der Waals surface area (Å²) in [5, 5.41) is 7.26. The third-order valence-electron chi connectivity index (χ3n) is 3.24. The largest absolute Gasteiger partial charge is 0.497 e. The average Bonchev–Trinajstić information content (AvgIpc) is 2.70. The fourth-order valence-electron chi connectivity index (χ4n) is 2.42. The van der Waals surface area contributed by atoms with E-state index in [9.17, 15) is 0 Å². The summed E-state index contributed by atoms with van der Waals surface area (Å²) in [7, 11) is 1.70. The first-order valence-corrected chi connectivity index (χ1v) is 6.48. The molecule has 1 N–H and O–H groups in total. The van der Waals surface area contributed by atoms with Crippen LogP contribution >= 0.6 is 15.9 Å². The summed E-state index contributed by atoms with van der Waals surface area (Å²) in [6.07, 6.45) is 5.24. The minimum atomic E-state index is 0.901. The Hall–Kier alpha value is -1.29. The number of methoxy groups -OCH3 is 1. The van der Waals surface area contributed by atoms with E-state index in [1.165, 1.54) is 16.7 Å². The quantitative estimate of drug-likeness (QED) is 0.875. The van der Waals surface area contributed by atoms with E-state index < -0.39 is 0 Å². The summed E-state index contributed by atoms with van der Waals surface area (Å²) in [6, 6.07) is 4.13. The lowest BCUT2D eigenvalue weighted by Crippen LogP contribution is -1.93. The minimum Gasteiger partial charge on any atom is -0.497 e. The molecule has 1 aromatic carbocycles. The zero-order chi connectivity index (χ0) is 11.8. The third kappa shape index (κ3) is 1.76. The van der Waals surface area contributed by atoms with Crippen LogP contribution in [0.15, 0.2) is 22.8 Å². The van der Waals surface area contributed by atoms with Crippen molar-refractivity contribution >= 4 is 15.9 Å². The fourth-order valence-corrected chi connectivity index (χ4v) is 3.10. The van der Waals surface area contributed by atoms with Crippen LogP contribution in [0.5, 0.6) is 5.75 Å². The number of halogens is 1. The second-order valence-electron chi connectivity index (χ2n) is 4.27. The van der Waals surface area contributed by atoms with Crippen molar-refractivity contribution in [2.24, 2.45) is 0 Å². The Morgan fingerprint density at radius 1 is 1.29 bits per heavy atom. The van der Waals surface area contributed by atoms with E-state index >= 15 is 0 Å². The summed E-state index contributed by atoms with van der Waals surface area (Å²) >= 11 is 3.64. The first-order chi connectivity index (χ1) is 8.29. The number of ether oxygens (including phenoxy) is 1. The summed E-state index contributed by atoms with van der Waals surface area (Å²) in [6.45, 7) is 0. The maximum Gasteiger partial charge on any atom is 0.120 e. The van der Waals surface area contributed by atoms with Crippen LogP contribution in [-0.2, 0) is 12.8 Å². The van der Waals surface area contributed by atoms with Crippen LogP contribution in [0.4, 0.5) is 0 Å². The van der Waals surface area contributed by atoms with Crippen molar-refractivity contribution in [1.29, 1.82) is 0 Å². The van der Waals surface area contributed by atoms with E-state index in [-0.39, 0.29) is 0 Å². The van der Waals surface area contributed by atoms with E-state index in [1.807, 2.05) is 12.3 Å². The highest BCUT2D eigenvalue weighted by Crippen LogP contribution is 2.38. The zero-order valence-electron chi connectivity index (χ0n) is 9.59. The maximum atomic E-state index is 5.32. The summed E-state index contributed by atoms with van der Waals surface area (Å²) in [4.78, 5) is 0. The van der Waals surface area contributed by atoms with Gasteiger partial charge in [0.15, 0.2) is 0 Å². The second kappa shape index (κ2) is 4.18. The molecule has 0 fully saturated rings. The molecule has 88 valence electrons. The first-order valence-electron chi connectivity index (χ1n) is 5.68. The zero-order valence-corrected chi connectivity index (χ0v) is 11.2. The Labute approximate surface area is 108 Å². The number of nitrogens with zero attached hydrogens (tertiary/aromatic N) is 1. The van der Waals surface area contributed by atoms with Crippen LogP contribution in [-0.4, -0.2) is 17.3 Å². The van der Waals surface area contributed by atoms with Gasteiger partial charge in [0, 0.05) is 10.0 Å². The number of benzene rings is 1. The molecule has 0 bridgehead atoms. The maximum absolute atomic E-state index is 5.32. The fraction of sp³-hybridized carbons (Fsp3) is 0.308. The summed E-state index contributed by atoms with van der Waals surface area (Å²) in [5.74, 6) is 0.901. The number of nitrogens with one attached hydrogen (secondary N) is 1. The van der Waals surface area contributed by atoms with Gasteiger partial charge in [-0.25, -0.2) is 0 Å². The minimum absolute atomic E-state index is 0.901. The van der Waals surface area contributed by atoms with E-state index in [4.69, 9.17) is 4.74 Å².